The summed E-state index contributed by atoms with van der Waals surface area (Å²) in [5.41, 5.74) is 0.785. The molecule has 0 saturated heterocycles. The van der Waals surface area contributed by atoms with Crippen LogP contribution in [0.4, 0.5) is 0 Å². The first-order chi connectivity index (χ1) is 12.5. The van der Waals surface area contributed by atoms with Crippen LogP contribution in [0.2, 0.25) is 0 Å². The molecule has 6 nitrogen and oxygen atoms in total. The summed E-state index contributed by atoms with van der Waals surface area (Å²) in [6.07, 6.45) is 0. The number of aliphatic imine (C=N–C) groups is 1. The van der Waals surface area contributed by atoms with Gasteiger partial charge in [-0.2, -0.15) is 0 Å². The molecule has 0 unspecified atom stereocenters. The Morgan fingerprint density at radius 2 is 1.85 bits per heavy atom. The van der Waals surface area contributed by atoms with Gasteiger partial charge in [-0.05, 0) is 36.8 Å². The predicted octanol–water partition coefficient (Wildman–Crippen LogP) is 2.80. The summed E-state index contributed by atoms with van der Waals surface area (Å²) in [5.74, 6) is 1.61. The molecule has 0 fully saturated rings. The fourth-order valence-corrected chi connectivity index (χ4v) is 3.56. The molecule has 0 aromatic heterocycles. The molecular weight excluding hydrogens is 495 g/mol. The Hall–Kier alpha value is -1.30. The number of benzene rings is 2. The van der Waals surface area contributed by atoms with Gasteiger partial charge in [0, 0.05) is 23.7 Å². The van der Waals surface area contributed by atoms with Gasteiger partial charge in [-0.1, -0.05) is 30.3 Å². The summed E-state index contributed by atoms with van der Waals surface area (Å²) in [5, 5.41) is 11.6. The number of rotatable bonds is 8. The van der Waals surface area contributed by atoms with E-state index in [1.807, 2.05) is 31.2 Å². The summed E-state index contributed by atoms with van der Waals surface area (Å²) in [7, 11) is -3.70. The molecule has 0 atom stereocenters. The maximum atomic E-state index is 11.4. The van der Waals surface area contributed by atoms with Gasteiger partial charge < -0.3 is 10.6 Å². The van der Waals surface area contributed by atoms with Gasteiger partial charge in [0.25, 0.3) is 0 Å². The van der Waals surface area contributed by atoms with Crippen molar-refractivity contribution >= 4 is 51.7 Å². The van der Waals surface area contributed by atoms with E-state index in [-0.39, 0.29) is 28.9 Å². The minimum Gasteiger partial charge on any atom is -0.357 e. The number of hydrogen-bond donors (Lipinski definition) is 3. The Kier molecular flexibility index (Phi) is 10.7. The number of thioether (sulfide) groups is 1. The SMILES string of the molecule is CCNC(=NCc1cccc(S(N)(=O)=O)c1)NCCSc1ccccc1.I. The fourth-order valence-electron chi connectivity index (χ4n) is 2.19. The van der Waals surface area contributed by atoms with Crippen molar-refractivity contribution in [2.45, 2.75) is 23.3 Å². The topological polar surface area (TPSA) is 96.6 Å². The molecule has 2 rings (SSSR count). The summed E-state index contributed by atoms with van der Waals surface area (Å²) < 4.78 is 22.9. The van der Waals surface area contributed by atoms with E-state index in [1.54, 1.807) is 23.9 Å². The van der Waals surface area contributed by atoms with E-state index in [2.05, 4.69) is 27.8 Å². The summed E-state index contributed by atoms with van der Waals surface area (Å²) >= 11 is 1.77. The molecule has 0 aliphatic carbocycles. The second-order valence-electron chi connectivity index (χ2n) is 5.48. The first kappa shape index (κ1) is 23.7. The monoisotopic (exact) mass is 520 g/mol. The molecule has 2 aromatic rings. The minimum atomic E-state index is -3.70. The highest BCUT2D eigenvalue weighted by atomic mass is 127. The van der Waals surface area contributed by atoms with E-state index >= 15 is 0 Å². The van der Waals surface area contributed by atoms with Crippen LogP contribution in [-0.2, 0) is 16.6 Å². The number of sulfonamides is 1. The van der Waals surface area contributed by atoms with Crippen LogP contribution in [0.15, 0.2) is 69.4 Å². The zero-order valence-corrected chi connectivity index (χ0v) is 19.1. The molecule has 0 bridgehead atoms. The third kappa shape index (κ3) is 8.96. The van der Waals surface area contributed by atoms with Gasteiger partial charge in [-0.15, -0.1) is 35.7 Å². The lowest BCUT2D eigenvalue weighted by Crippen LogP contribution is -2.38. The van der Waals surface area contributed by atoms with Gasteiger partial charge in [0.05, 0.1) is 11.4 Å². The summed E-state index contributed by atoms with van der Waals surface area (Å²) in [6.45, 7) is 3.87. The number of nitrogens with one attached hydrogen (secondary N) is 2. The van der Waals surface area contributed by atoms with Crippen molar-refractivity contribution in [1.82, 2.24) is 10.6 Å². The number of hydrogen-bond acceptors (Lipinski definition) is 4. The largest absolute Gasteiger partial charge is 0.357 e. The van der Waals surface area contributed by atoms with Gasteiger partial charge in [0.15, 0.2) is 5.96 Å². The van der Waals surface area contributed by atoms with Crippen molar-refractivity contribution in [2.75, 3.05) is 18.8 Å². The molecule has 0 amide bonds. The average Bonchev–Trinajstić information content (AvgIpc) is 2.63. The third-order valence-electron chi connectivity index (χ3n) is 3.40. The molecule has 0 radical (unpaired) electrons. The first-order valence-corrected chi connectivity index (χ1v) is 10.8. The number of primary sulfonamides is 1. The molecule has 0 aliphatic rings. The molecule has 0 heterocycles. The quantitative estimate of drug-likeness (QED) is 0.164. The molecular formula is C18H25IN4O2S2. The van der Waals surface area contributed by atoms with Gasteiger partial charge in [-0.3, -0.25) is 0 Å². The van der Waals surface area contributed by atoms with E-state index in [4.69, 9.17) is 5.14 Å². The van der Waals surface area contributed by atoms with Crippen LogP contribution >= 0.6 is 35.7 Å². The Balaban J connectivity index is 0.00000364. The fraction of sp³-hybridized carbons (Fsp3) is 0.278. The molecule has 148 valence electrons. The molecule has 9 heteroatoms. The maximum absolute atomic E-state index is 11.4. The van der Waals surface area contributed by atoms with Crippen LogP contribution in [0.25, 0.3) is 0 Å². The normalized spacial score (nSPS) is 11.6. The zero-order valence-electron chi connectivity index (χ0n) is 15.1. The number of nitrogens with zero attached hydrogens (tertiary/aromatic N) is 1. The van der Waals surface area contributed by atoms with E-state index in [0.29, 0.717) is 12.5 Å². The van der Waals surface area contributed by atoms with Crippen molar-refractivity contribution in [3.63, 3.8) is 0 Å². The molecule has 0 saturated carbocycles. The second kappa shape index (κ2) is 12.2. The Labute approximate surface area is 182 Å². The lowest BCUT2D eigenvalue weighted by molar-refractivity contribution is 0.597. The van der Waals surface area contributed by atoms with Crippen LogP contribution in [0.1, 0.15) is 12.5 Å². The van der Waals surface area contributed by atoms with Gasteiger partial charge in [0.1, 0.15) is 0 Å². The van der Waals surface area contributed by atoms with Crippen molar-refractivity contribution in [3.05, 3.63) is 60.2 Å². The number of halogens is 1. The van der Waals surface area contributed by atoms with Crippen molar-refractivity contribution < 1.29 is 8.42 Å². The highest BCUT2D eigenvalue weighted by Crippen LogP contribution is 2.15. The van der Waals surface area contributed by atoms with Crippen molar-refractivity contribution in [2.24, 2.45) is 10.1 Å². The smallest absolute Gasteiger partial charge is 0.238 e. The van der Waals surface area contributed by atoms with E-state index < -0.39 is 10.0 Å². The predicted molar refractivity (Wildman–Crippen MR) is 123 cm³/mol. The van der Waals surface area contributed by atoms with Crippen molar-refractivity contribution in [1.29, 1.82) is 0 Å². The first-order valence-electron chi connectivity index (χ1n) is 8.31. The third-order valence-corrected chi connectivity index (χ3v) is 5.32. The number of guanidine groups is 1. The van der Waals surface area contributed by atoms with Crippen LogP contribution in [0, 0.1) is 0 Å². The maximum Gasteiger partial charge on any atom is 0.238 e. The van der Waals surface area contributed by atoms with Crippen molar-refractivity contribution in [3.8, 4) is 0 Å². The lowest BCUT2D eigenvalue weighted by Gasteiger charge is -2.11. The number of nitrogens with two attached hydrogens (primary N) is 1. The molecule has 0 aliphatic heterocycles. The Morgan fingerprint density at radius 3 is 2.52 bits per heavy atom. The van der Waals surface area contributed by atoms with Crippen LogP contribution in [0.3, 0.4) is 0 Å². The highest BCUT2D eigenvalue weighted by Gasteiger charge is 2.07. The van der Waals surface area contributed by atoms with Gasteiger partial charge >= 0.3 is 0 Å². The standard InChI is InChI=1S/C18H24N4O2S2.HI/c1-2-20-18(21-11-12-25-16-8-4-3-5-9-16)22-14-15-7-6-10-17(13-15)26(19,23)24;/h3-10,13H,2,11-12,14H2,1H3,(H2,19,23,24)(H2,20,21,22);1H. The Bertz CT molecular complexity index is 830. The highest BCUT2D eigenvalue weighted by molar-refractivity contribution is 14.0. The second-order valence-corrected chi connectivity index (χ2v) is 8.21. The van der Waals surface area contributed by atoms with E-state index in [1.165, 1.54) is 11.0 Å². The van der Waals surface area contributed by atoms with Crippen LogP contribution in [-0.4, -0.2) is 33.2 Å². The van der Waals surface area contributed by atoms with Crippen LogP contribution < -0.4 is 15.8 Å². The summed E-state index contributed by atoms with van der Waals surface area (Å²) in [4.78, 5) is 5.83. The molecule has 2 aromatic carbocycles. The Morgan fingerprint density at radius 1 is 1.11 bits per heavy atom. The van der Waals surface area contributed by atoms with Crippen LogP contribution in [0.5, 0.6) is 0 Å². The van der Waals surface area contributed by atoms with Gasteiger partial charge in [0.2, 0.25) is 10.0 Å². The lowest BCUT2D eigenvalue weighted by atomic mass is 10.2. The van der Waals surface area contributed by atoms with E-state index in [9.17, 15) is 8.42 Å². The summed E-state index contributed by atoms with van der Waals surface area (Å²) in [6, 6.07) is 16.7. The molecule has 0 spiro atoms. The average molecular weight is 520 g/mol. The zero-order chi connectivity index (χ0) is 18.8. The van der Waals surface area contributed by atoms with Gasteiger partial charge in [-0.25, -0.2) is 18.5 Å². The van der Waals surface area contributed by atoms with E-state index in [0.717, 1.165) is 24.4 Å². The molecule has 27 heavy (non-hydrogen) atoms. The molecule has 4 N–H and O–H groups in total. The minimum absolute atomic E-state index is 0.